The molecule has 5 rings (SSSR count). The second-order valence-electron chi connectivity index (χ2n) is 9.64. The van der Waals surface area contributed by atoms with Crippen molar-refractivity contribution in [2.45, 2.75) is 32.6 Å². The monoisotopic (exact) mass is 410 g/mol. The molecule has 2 saturated heterocycles. The highest BCUT2D eigenvalue weighted by Gasteiger charge is 2.41. The van der Waals surface area contributed by atoms with Crippen molar-refractivity contribution in [3.8, 4) is 11.4 Å². The Morgan fingerprint density at radius 1 is 1.13 bits per heavy atom. The van der Waals surface area contributed by atoms with E-state index in [4.69, 9.17) is 4.74 Å². The van der Waals surface area contributed by atoms with E-state index < -0.39 is 0 Å². The number of aromatic nitrogens is 4. The Labute approximate surface area is 179 Å². The molecule has 1 saturated carbocycles. The van der Waals surface area contributed by atoms with Gasteiger partial charge >= 0.3 is 0 Å². The van der Waals surface area contributed by atoms with Gasteiger partial charge in [-0.25, -0.2) is 0 Å². The van der Waals surface area contributed by atoms with E-state index in [9.17, 15) is 0 Å². The molecule has 3 fully saturated rings. The molecule has 1 N–H and O–H groups in total. The van der Waals surface area contributed by atoms with Crippen molar-refractivity contribution >= 4 is 5.82 Å². The summed E-state index contributed by atoms with van der Waals surface area (Å²) in [5.41, 5.74) is 3.02. The molecule has 4 heterocycles. The van der Waals surface area contributed by atoms with Crippen molar-refractivity contribution in [2.75, 3.05) is 44.7 Å². The van der Waals surface area contributed by atoms with Crippen LogP contribution in [0.1, 0.15) is 31.2 Å². The fourth-order valence-electron chi connectivity index (χ4n) is 5.87. The Morgan fingerprint density at radius 2 is 1.97 bits per heavy atom. The van der Waals surface area contributed by atoms with Crippen LogP contribution >= 0.6 is 0 Å². The minimum atomic E-state index is 0.751. The second kappa shape index (κ2) is 8.63. The lowest BCUT2D eigenvalue weighted by molar-refractivity contribution is 0.0406. The highest BCUT2D eigenvalue weighted by molar-refractivity contribution is 5.59. The first-order valence-corrected chi connectivity index (χ1v) is 11.5. The third kappa shape index (κ3) is 4.23. The minimum absolute atomic E-state index is 0.751. The number of ether oxygens (including phenoxy) is 1. The average Bonchev–Trinajstić information content (AvgIpc) is 3.41. The van der Waals surface area contributed by atoms with E-state index in [1.807, 2.05) is 30.1 Å². The molecule has 162 valence electrons. The molecule has 4 atom stereocenters. The Kier molecular flexibility index (Phi) is 5.74. The third-order valence-corrected chi connectivity index (χ3v) is 7.30. The van der Waals surface area contributed by atoms with Gasteiger partial charge in [-0.1, -0.05) is 0 Å². The van der Waals surface area contributed by atoms with Crippen LogP contribution < -0.4 is 5.32 Å². The van der Waals surface area contributed by atoms with E-state index in [1.165, 1.54) is 45.3 Å². The molecule has 0 aromatic carbocycles. The van der Waals surface area contributed by atoms with E-state index in [2.05, 4.69) is 32.4 Å². The van der Waals surface area contributed by atoms with Crippen LogP contribution in [0, 0.1) is 30.6 Å². The van der Waals surface area contributed by atoms with Gasteiger partial charge in [-0.2, -0.15) is 5.10 Å². The highest BCUT2D eigenvalue weighted by atomic mass is 16.5. The van der Waals surface area contributed by atoms with Gasteiger partial charge in [0, 0.05) is 39.8 Å². The quantitative estimate of drug-likeness (QED) is 0.790. The number of rotatable bonds is 6. The molecular weight excluding hydrogens is 376 g/mol. The van der Waals surface area contributed by atoms with Gasteiger partial charge in [-0.15, -0.1) is 10.2 Å². The Hall–Kier alpha value is -1.99. The van der Waals surface area contributed by atoms with Crippen molar-refractivity contribution in [2.24, 2.45) is 30.7 Å². The van der Waals surface area contributed by atoms with E-state index >= 15 is 0 Å². The molecule has 1 aliphatic carbocycles. The van der Waals surface area contributed by atoms with Gasteiger partial charge in [0.15, 0.2) is 0 Å². The van der Waals surface area contributed by atoms with Gasteiger partial charge in [0.1, 0.15) is 11.5 Å². The van der Waals surface area contributed by atoms with Crippen LogP contribution in [0.2, 0.25) is 0 Å². The normalized spacial score (nSPS) is 29.3. The van der Waals surface area contributed by atoms with Crippen molar-refractivity contribution < 1.29 is 4.74 Å². The predicted octanol–water partition coefficient (Wildman–Crippen LogP) is 2.98. The van der Waals surface area contributed by atoms with Crippen LogP contribution in [0.25, 0.3) is 11.4 Å². The third-order valence-electron chi connectivity index (χ3n) is 7.30. The molecule has 30 heavy (non-hydrogen) atoms. The number of fused-ring (bicyclic) bond motifs is 1. The smallest absolute Gasteiger partial charge is 0.148 e. The van der Waals surface area contributed by atoms with Crippen molar-refractivity contribution in [3.05, 3.63) is 23.9 Å². The molecule has 0 amide bonds. The van der Waals surface area contributed by atoms with Gasteiger partial charge in [-0.05, 0) is 74.0 Å². The Bertz CT molecular complexity index is 810. The van der Waals surface area contributed by atoms with E-state index in [0.29, 0.717) is 0 Å². The maximum Gasteiger partial charge on any atom is 0.148 e. The van der Waals surface area contributed by atoms with Gasteiger partial charge in [0.25, 0.3) is 0 Å². The number of likely N-dealkylation sites (tertiary alicyclic amines) is 1. The summed E-state index contributed by atoms with van der Waals surface area (Å²) in [4.78, 5) is 2.71. The summed E-state index contributed by atoms with van der Waals surface area (Å²) in [6, 6.07) is 4.08. The summed E-state index contributed by atoms with van der Waals surface area (Å²) in [7, 11) is 1.94. The van der Waals surface area contributed by atoms with Gasteiger partial charge in [0.2, 0.25) is 0 Å². The number of nitrogens with zero attached hydrogens (tertiary/aromatic N) is 5. The maximum atomic E-state index is 5.67. The number of aryl methyl sites for hydroxylation is 2. The summed E-state index contributed by atoms with van der Waals surface area (Å²) < 4.78 is 7.52. The minimum Gasteiger partial charge on any atom is -0.381 e. The second-order valence-corrected chi connectivity index (χ2v) is 9.64. The molecule has 3 aliphatic rings. The fourth-order valence-corrected chi connectivity index (χ4v) is 5.87. The zero-order valence-corrected chi connectivity index (χ0v) is 18.3. The Morgan fingerprint density at radius 3 is 2.60 bits per heavy atom. The van der Waals surface area contributed by atoms with E-state index in [0.717, 1.165) is 66.2 Å². The van der Waals surface area contributed by atoms with Crippen LogP contribution in [-0.2, 0) is 11.8 Å². The lowest BCUT2D eigenvalue weighted by Crippen LogP contribution is -2.33. The predicted molar refractivity (Wildman–Crippen MR) is 117 cm³/mol. The van der Waals surface area contributed by atoms with Crippen LogP contribution in [-0.4, -0.2) is 64.3 Å². The van der Waals surface area contributed by atoms with Gasteiger partial charge in [0.05, 0.1) is 18.5 Å². The number of anilines is 1. The van der Waals surface area contributed by atoms with Crippen LogP contribution in [0.4, 0.5) is 5.82 Å². The molecule has 2 aromatic rings. The summed E-state index contributed by atoms with van der Waals surface area (Å²) in [5, 5.41) is 16.6. The Balaban J connectivity index is 1.09. The van der Waals surface area contributed by atoms with E-state index in [1.54, 1.807) is 0 Å². The summed E-state index contributed by atoms with van der Waals surface area (Å²) in [5.74, 6) is 4.13. The molecule has 0 radical (unpaired) electrons. The molecule has 7 heteroatoms. The number of hydrogen-bond donors (Lipinski definition) is 1. The molecular formula is C23H34N6O. The highest BCUT2D eigenvalue weighted by Crippen LogP contribution is 2.41. The average molecular weight is 411 g/mol. The first-order chi connectivity index (χ1) is 14.7. The molecule has 2 aliphatic heterocycles. The first-order valence-electron chi connectivity index (χ1n) is 11.5. The first kappa shape index (κ1) is 19.9. The molecule has 7 nitrogen and oxygen atoms in total. The van der Waals surface area contributed by atoms with E-state index in [-0.39, 0.29) is 0 Å². The largest absolute Gasteiger partial charge is 0.381 e. The van der Waals surface area contributed by atoms with Crippen molar-refractivity contribution in [1.82, 2.24) is 24.9 Å². The summed E-state index contributed by atoms with van der Waals surface area (Å²) in [6.45, 7) is 8.81. The molecule has 2 aromatic heterocycles. The van der Waals surface area contributed by atoms with Crippen molar-refractivity contribution in [1.29, 1.82) is 0 Å². The number of nitrogens with one attached hydrogen (secondary N) is 1. The van der Waals surface area contributed by atoms with Crippen LogP contribution in [0.15, 0.2) is 18.3 Å². The van der Waals surface area contributed by atoms with Gasteiger partial charge in [-0.3, -0.25) is 4.68 Å². The maximum absolute atomic E-state index is 5.67. The lowest BCUT2D eigenvalue weighted by Gasteiger charge is -2.27. The fraction of sp³-hybridized carbons (Fsp3) is 0.696. The SMILES string of the molecule is Cc1cnn(C)c1-c1ccc(NC[C@H]2CC3CN(CC4CCCOC4)C[C@@H]3C2)nn1. The van der Waals surface area contributed by atoms with Gasteiger partial charge < -0.3 is 15.0 Å². The topological polar surface area (TPSA) is 68.1 Å². The summed E-state index contributed by atoms with van der Waals surface area (Å²) in [6.07, 6.45) is 7.14. The number of hydrogen-bond acceptors (Lipinski definition) is 6. The summed E-state index contributed by atoms with van der Waals surface area (Å²) >= 11 is 0. The lowest BCUT2D eigenvalue weighted by atomic mass is 10.0. The zero-order chi connectivity index (χ0) is 20.5. The van der Waals surface area contributed by atoms with Crippen LogP contribution in [0.5, 0.6) is 0 Å². The molecule has 0 spiro atoms. The molecule has 2 unspecified atom stereocenters. The molecule has 0 bridgehead atoms. The zero-order valence-electron chi connectivity index (χ0n) is 18.3. The van der Waals surface area contributed by atoms with Crippen molar-refractivity contribution in [3.63, 3.8) is 0 Å². The van der Waals surface area contributed by atoms with Crippen LogP contribution in [0.3, 0.4) is 0 Å². The standard InChI is InChI=1S/C23H34N6O/c1-16-10-25-28(2)23(16)21-5-6-22(27-26-21)24-11-18-8-19-13-29(14-20(19)9-18)12-17-4-3-7-30-15-17/h5-6,10,17-20H,3-4,7-9,11-15H2,1-2H3,(H,24,27)/t17?,18-,19+,20?/m1/s1.